The lowest BCUT2D eigenvalue weighted by Crippen LogP contribution is -2.45. The molecule has 0 bridgehead atoms. The minimum atomic E-state index is -0.292. The van der Waals surface area contributed by atoms with E-state index in [9.17, 15) is 9.59 Å². The molecule has 208 valence electrons. The Balaban J connectivity index is 2.33. The summed E-state index contributed by atoms with van der Waals surface area (Å²) in [6, 6.07) is 0.405. The first-order valence-electron chi connectivity index (χ1n) is 14.2. The van der Waals surface area contributed by atoms with Gasteiger partial charge in [-0.2, -0.15) is 0 Å². The second-order valence-electron chi connectivity index (χ2n) is 12.1. The smallest absolute Gasteiger partial charge is 0.308 e. The number of cyclic esters (lactones) is 1. The van der Waals surface area contributed by atoms with Crippen LogP contribution in [0.3, 0.4) is 0 Å². The molecule has 2 heterocycles. The zero-order chi connectivity index (χ0) is 27.2. The number of nitrogens with zero attached hydrogens (tertiary/aromatic N) is 1. The van der Waals surface area contributed by atoms with Crippen LogP contribution in [-0.4, -0.2) is 61.4 Å². The Hall–Kier alpha value is -1.24. The van der Waals surface area contributed by atoms with Gasteiger partial charge in [-0.15, -0.1) is 0 Å². The number of carbonyl (C=O) groups is 2. The average Bonchev–Trinajstić information content (AvgIpc) is 2.80. The van der Waals surface area contributed by atoms with Crippen LogP contribution in [0.4, 0.5) is 0 Å². The molecule has 1 fully saturated rings. The molecule has 0 aromatic heterocycles. The van der Waals surface area contributed by atoms with Gasteiger partial charge in [0, 0.05) is 24.3 Å². The zero-order valence-electron chi connectivity index (χ0n) is 24.6. The predicted octanol–water partition coefficient (Wildman–Crippen LogP) is 6.03. The van der Waals surface area contributed by atoms with E-state index in [1.54, 1.807) is 0 Å². The second kappa shape index (κ2) is 14.1. The monoisotopic (exact) mass is 507 g/mol. The van der Waals surface area contributed by atoms with Gasteiger partial charge in [0.1, 0.15) is 6.10 Å². The summed E-state index contributed by atoms with van der Waals surface area (Å²) in [5.74, 6) is -0.0559. The molecule has 0 aliphatic carbocycles. The SMILES string of the molecule is CCC[C@H]1OC(=O)[C@H](C)C[C@H](C)[C@@H](O[C@H]2CC(N(C)C)CC(C)O2)[C@@H](C)C[C@@H](C)C(=O)C(C)=C[C@H]1C. The van der Waals surface area contributed by atoms with E-state index in [0.29, 0.717) is 12.5 Å². The van der Waals surface area contributed by atoms with Crippen LogP contribution in [0, 0.1) is 29.6 Å². The van der Waals surface area contributed by atoms with E-state index in [0.717, 1.165) is 37.7 Å². The highest BCUT2D eigenvalue weighted by Crippen LogP contribution is 2.33. The molecule has 0 saturated carbocycles. The van der Waals surface area contributed by atoms with E-state index >= 15 is 0 Å². The normalized spacial score (nSPS) is 39.9. The van der Waals surface area contributed by atoms with Crippen LogP contribution < -0.4 is 0 Å². The Morgan fingerprint density at radius 3 is 2.14 bits per heavy atom. The Bertz CT molecular complexity index is 750. The Morgan fingerprint density at radius 1 is 0.944 bits per heavy atom. The van der Waals surface area contributed by atoms with Crippen molar-refractivity contribution in [2.75, 3.05) is 14.1 Å². The van der Waals surface area contributed by atoms with Gasteiger partial charge in [-0.25, -0.2) is 0 Å². The highest BCUT2D eigenvalue weighted by molar-refractivity contribution is 5.96. The molecule has 2 unspecified atom stereocenters. The summed E-state index contributed by atoms with van der Waals surface area (Å²) in [6.07, 6.45) is 6.43. The van der Waals surface area contributed by atoms with E-state index in [2.05, 4.69) is 46.7 Å². The number of rotatable bonds is 5. The average molecular weight is 508 g/mol. The van der Waals surface area contributed by atoms with Crippen LogP contribution in [0.15, 0.2) is 11.6 Å². The lowest BCUT2D eigenvalue weighted by molar-refractivity contribution is -0.238. The van der Waals surface area contributed by atoms with Crippen LogP contribution in [0.25, 0.3) is 0 Å². The molecule has 0 amide bonds. The van der Waals surface area contributed by atoms with Crippen molar-refractivity contribution in [1.29, 1.82) is 0 Å². The van der Waals surface area contributed by atoms with Gasteiger partial charge in [-0.3, -0.25) is 9.59 Å². The van der Waals surface area contributed by atoms with E-state index in [1.165, 1.54) is 0 Å². The van der Waals surface area contributed by atoms with Gasteiger partial charge in [0.15, 0.2) is 12.1 Å². The molecule has 1 saturated heterocycles. The van der Waals surface area contributed by atoms with Crippen molar-refractivity contribution >= 4 is 11.8 Å². The van der Waals surface area contributed by atoms with Crippen molar-refractivity contribution in [1.82, 2.24) is 4.90 Å². The molecule has 2 aliphatic heterocycles. The molecule has 6 nitrogen and oxygen atoms in total. The third-order valence-corrected chi connectivity index (χ3v) is 8.24. The summed E-state index contributed by atoms with van der Waals surface area (Å²) in [4.78, 5) is 28.6. The number of carbonyl (C=O) groups excluding carboxylic acids is 2. The minimum Gasteiger partial charge on any atom is -0.462 e. The van der Waals surface area contributed by atoms with E-state index in [-0.39, 0.29) is 65.9 Å². The van der Waals surface area contributed by atoms with Crippen LogP contribution in [-0.2, 0) is 23.8 Å². The fourth-order valence-corrected chi connectivity index (χ4v) is 6.12. The van der Waals surface area contributed by atoms with Crippen molar-refractivity contribution in [3.05, 3.63) is 11.6 Å². The van der Waals surface area contributed by atoms with Gasteiger partial charge in [0.05, 0.1) is 18.1 Å². The molecular weight excluding hydrogens is 454 g/mol. The van der Waals surface area contributed by atoms with Crippen molar-refractivity contribution < 1.29 is 23.8 Å². The number of ether oxygens (including phenoxy) is 3. The molecule has 0 radical (unpaired) electrons. The standard InChI is InChI=1S/C30H53NO5/c1-11-12-26-18(2)13-19(3)28(32)20(4)14-21(5)29(22(6)15-23(7)30(33)35-26)36-27-17-25(31(9)10)16-24(8)34-27/h13,18,20-27,29H,11-12,14-17H2,1-10H3/t18-,20-,21+,22+,23-,24?,25?,26-,27+,29+/m1/s1. The molecule has 2 aliphatic rings. The summed E-state index contributed by atoms with van der Waals surface area (Å²) in [5, 5.41) is 0. The minimum absolute atomic E-state index is 0.00111. The van der Waals surface area contributed by atoms with E-state index in [1.807, 2.05) is 33.8 Å². The third-order valence-electron chi connectivity index (χ3n) is 8.24. The molecule has 36 heavy (non-hydrogen) atoms. The predicted molar refractivity (Wildman–Crippen MR) is 145 cm³/mol. The highest BCUT2D eigenvalue weighted by atomic mass is 16.7. The summed E-state index contributed by atoms with van der Waals surface area (Å²) >= 11 is 0. The fraction of sp³-hybridized carbons (Fsp3) is 0.867. The van der Waals surface area contributed by atoms with Crippen LogP contribution in [0.1, 0.15) is 93.9 Å². The van der Waals surface area contributed by atoms with Gasteiger partial charge >= 0.3 is 5.97 Å². The molecule has 0 N–H and O–H groups in total. The molecule has 0 aromatic carbocycles. The van der Waals surface area contributed by atoms with Gasteiger partial charge in [-0.05, 0) is 71.0 Å². The number of esters is 1. The first-order chi connectivity index (χ1) is 16.8. The molecule has 6 heteroatoms. The Morgan fingerprint density at radius 2 is 1.56 bits per heavy atom. The summed E-state index contributed by atoms with van der Waals surface area (Å²) < 4.78 is 19.0. The number of ketones is 1. The van der Waals surface area contributed by atoms with Crippen LogP contribution in [0.2, 0.25) is 0 Å². The molecule has 10 atom stereocenters. The quantitative estimate of drug-likeness (QED) is 0.424. The molecule has 2 rings (SSSR count). The topological polar surface area (TPSA) is 65.1 Å². The number of allylic oxidation sites excluding steroid dienone is 1. The largest absolute Gasteiger partial charge is 0.462 e. The fourth-order valence-electron chi connectivity index (χ4n) is 6.12. The summed E-state index contributed by atoms with van der Waals surface area (Å²) in [6.45, 7) is 16.5. The van der Waals surface area contributed by atoms with Crippen molar-refractivity contribution in [2.24, 2.45) is 29.6 Å². The van der Waals surface area contributed by atoms with E-state index in [4.69, 9.17) is 14.2 Å². The van der Waals surface area contributed by atoms with Crippen LogP contribution in [0.5, 0.6) is 0 Å². The maximum Gasteiger partial charge on any atom is 0.308 e. The Kier molecular flexibility index (Phi) is 12.1. The summed E-state index contributed by atoms with van der Waals surface area (Å²) in [5.41, 5.74) is 0.758. The van der Waals surface area contributed by atoms with Crippen LogP contribution >= 0.6 is 0 Å². The van der Waals surface area contributed by atoms with E-state index < -0.39 is 0 Å². The highest BCUT2D eigenvalue weighted by Gasteiger charge is 2.37. The van der Waals surface area contributed by atoms with Gasteiger partial charge < -0.3 is 19.1 Å². The maximum atomic E-state index is 13.3. The molecule has 0 spiro atoms. The second-order valence-corrected chi connectivity index (χ2v) is 12.1. The van der Waals surface area contributed by atoms with Crippen molar-refractivity contribution in [2.45, 2.75) is 125 Å². The van der Waals surface area contributed by atoms with Gasteiger partial charge in [0.2, 0.25) is 0 Å². The molecular formula is C30H53NO5. The lowest BCUT2D eigenvalue weighted by Gasteiger charge is -2.41. The van der Waals surface area contributed by atoms with Gasteiger partial charge in [-0.1, -0.05) is 54.0 Å². The van der Waals surface area contributed by atoms with Crippen molar-refractivity contribution in [3.63, 3.8) is 0 Å². The third kappa shape index (κ3) is 8.66. The number of hydrogen-bond donors (Lipinski definition) is 0. The Labute approximate surface area is 220 Å². The zero-order valence-corrected chi connectivity index (χ0v) is 24.6. The number of Topliss-reactive ketones (excluding diaryl/α,β-unsaturated/α-hetero) is 1. The van der Waals surface area contributed by atoms with Gasteiger partial charge in [0.25, 0.3) is 0 Å². The molecule has 0 aromatic rings. The number of hydrogen-bond acceptors (Lipinski definition) is 6. The maximum absolute atomic E-state index is 13.3. The lowest BCUT2D eigenvalue weighted by atomic mass is 9.80. The first-order valence-corrected chi connectivity index (χ1v) is 14.2. The first kappa shape index (κ1) is 31.0. The summed E-state index contributed by atoms with van der Waals surface area (Å²) in [7, 11) is 4.21. The van der Waals surface area contributed by atoms with Crippen molar-refractivity contribution in [3.8, 4) is 0 Å².